The number of hydrogen-bond donors (Lipinski definition) is 1. The van der Waals surface area contributed by atoms with Gasteiger partial charge in [-0.25, -0.2) is 4.98 Å². The minimum absolute atomic E-state index is 0.296. The van der Waals surface area contributed by atoms with E-state index in [9.17, 15) is 0 Å². The van der Waals surface area contributed by atoms with E-state index in [2.05, 4.69) is 11.1 Å². The van der Waals surface area contributed by atoms with Gasteiger partial charge in [0.05, 0.1) is 5.01 Å². The molecule has 84 valence electrons. The first-order chi connectivity index (χ1) is 7.79. The van der Waals surface area contributed by atoms with Gasteiger partial charge >= 0.3 is 0 Å². The van der Waals surface area contributed by atoms with Gasteiger partial charge in [0.1, 0.15) is 0 Å². The maximum absolute atomic E-state index is 5.97. The summed E-state index contributed by atoms with van der Waals surface area (Å²) in [5, 5.41) is 3.87. The quantitative estimate of drug-likeness (QED) is 0.908. The molecule has 0 aliphatic carbocycles. The van der Waals surface area contributed by atoms with E-state index >= 15 is 0 Å². The SMILES string of the molecule is NCC(Cc1nccs1)c1cccc(Cl)c1. The van der Waals surface area contributed by atoms with Crippen LogP contribution < -0.4 is 5.73 Å². The summed E-state index contributed by atoms with van der Waals surface area (Å²) >= 11 is 7.64. The van der Waals surface area contributed by atoms with Crippen LogP contribution in [0.3, 0.4) is 0 Å². The van der Waals surface area contributed by atoms with Crippen LogP contribution in [0, 0.1) is 0 Å². The first kappa shape index (κ1) is 11.6. The molecule has 0 saturated heterocycles. The molecule has 16 heavy (non-hydrogen) atoms. The number of rotatable bonds is 4. The van der Waals surface area contributed by atoms with Crippen molar-refractivity contribution in [2.45, 2.75) is 12.3 Å². The van der Waals surface area contributed by atoms with Crippen LogP contribution in [0.4, 0.5) is 0 Å². The Kier molecular flexibility index (Phi) is 3.93. The van der Waals surface area contributed by atoms with Gasteiger partial charge in [-0.1, -0.05) is 23.7 Å². The summed E-state index contributed by atoms with van der Waals surface area (Å²) in [5.41, 5.74) is 6.99. The van der Waals surface area contributed by atoms with Crippen molar-refractivity contribution in [1.82, 2.24) is 4.98 Å². The van der Waals surface area contributed by atoms with Gasteiger partial charge in [0, 0.05) is 28.9 Å². The highest BCUT2D eigenvalue weighted by Crippen LogP contribution is 2.23. The lowest BCUT2D eigenvalue weighted by Gasteiger charge is -2.13. The Balaban J connectivity index is 2.16. The van der Waals surface area contributed by atoms with E-state index in [0.29, 0.717) is 12.5 Å². The minimum atomic E-state index is 0.296. The van der Waals surface area contributed by atoms with Crippen molar-refractivity contribution in [3.8, 4) is 0 Å². The molecule has 0 bridgehead atoms. The average Bonchev–Trinajstić information content (AvgIpc) is 2.78. The molecule has 0 spiro atoms. The van der Waals surface area contributed by atoms with Gasteiger partial charge in [0.2, 0.25) is 0 Å². The highest BCUT2D eigenvalue weighted by Gasteiger charge is 2.12. The third-order valence-electron chi connectivity index (χ3n) is 2.51. The molecule has 0 radical (unpaired) electrons. The fourth-order valence-electron chi connectivity index (χ4n) is 1.66. The van der Waals surface area contributed by atoms with Crippen LogP contribution in [0.1, 0.15) is 16.5 Å². The van der Waals surface area contributed by atoms with Gasteiger partial charge in [-0.05, 0) is 24.2 Å². The lowest BCUT2D eigenvalue weighted by atomic mass is 9.96. The van der Waals surface area contributed by atoms with Crippen molar-refractivity contribution >= 4 is 22.9 Å². The van der Waals surface area contributed by atoms with Gasteiger partial charge in [-0.15, -0.1) is 11.3 Å². The molecule has 4 heteroatoms. The fraction of sp³-hybridized carbons (Fsp3) is 0.250. The normalized spacial score (nSPS) is 12.6. The van der Waals surface area contributed by atoms with Crippen molar-refractivity contribution < 1.29 is 0 Å². The van der Waals surface area contributed by atoms with E-state index in [4.69, 9.17) is 17.3 Å². The highest BCUT2D eigenvalue weighted by atomic mass is 35.5. The van der Waals surface area contributed by atoms with Crippen LogP contribution in [0.25, 0.3) is 0 Å². The molecule has 1 atom stereocenters. The van der Waals surface area contributed by atoms with Gasteiger partial charge in [0.15, 0.2) is 0 Å². The van der Waals surface area contributed by atoms with E-state index in [-0.39, 0.29) is 0 Å². The van der Waals surface area contributed by atoms with Crippen molar-refractivity contribution in [1.29, 1.82) is 0 Å². The summed E-state index contributed by atoms with van der Waals surface area (Å²) in [6.45, 7) is 0.611. The third kappa shape index (κ3) is 2.82. The lowest BCUT2D eigenvalue weighted by molar-refractivity contribution is 0.691. The van der Waals surface area contributed by atoms with Crippen LogP contribution >= 0.6 is 22.9 Å². The predicted octanol–water partition coefficient (Wildman–Crippen LogP) is 3.08. The zero-order valence-corrected chi connectivity index (χ0v) is 10.3. The van der Waals surface area contributed by atoms with Gasteiger partial charge < -0.3 is 5.73 Å². The van der Waals surface area contributed by atoms with E-state index < -0.39 is 0 Å². The third-order valence-corrected chi connectivity index (χ3v) is 3.55. The molecule has 2 aromatic rings. The molecule has 0 aliphatic rings. The smallest absolute Gasteiger partial charge is 0.0931 e. The second-order valence-corrected chi connectivity index (χ2v) is 5.03. The summed E-state index contributed by atoms with van der Waals surface area (Å²) in [5.74, 6) is 0.296. The maximum atomic E-state index is 5.97. The van der Waals surface area contributed by atoms with Crippen LogP contribution in [-0.4, -0.2) is 11.5 Å². The summed E-state index contributed by atoms with van der Waals surface area (Å²) in [4.78, 5) is 4.28. The Hall–Kier alpha value is -0.900. The number of halogens is 1. The van der Waals surface area contributed by atoms with E-state index in [1.165, 1.54) is 5.56 Å². The molecule has 2 rings (SSSR count). The van der Waals surface area contributed by atoms with Crippen molar-refractivity contribution in [3.63, 3.8) is 0 Å². The Labute approximate surface area is 104 Å². The monoisotopic (exact) mass is 252 g/mol. The number of hydrogen-bond acceptors (Lipinski definition) is 3. The fourth-order valence-corrected chi connectivity index (χ4v) is 2.56. The van der Waals surface area contributed by atoms with Gasteiger partial charge in [-0.2, -0.15) is 0 Å². The number of nitrogens with zero attached hydrogens (tertiary/aromatic N) is 1. The summed E-state index contributed by atoms with van der Waals surface area (Å²) in [6.07, 6.45) is 2.71. The second-order valence-electron chi connectivity index (χ2n) is 3.62. The number of nitrogens with two attached hydrogens (primary N) is 1. The lowest BCUT2D eigenvalue weighted by Crippen LogP contribution is -2.14. The first-order valence-corrected chi connectivity index (χ1v) is 6.39. The van der Waals surface area contributed by atoms with Crippen molar-refractivity contribution in [2.75, 3.05) is 6.54 Å². The van der Waals surface area contributed by atoms with Crippen molar-refractivity contribution in [2.24, 2.45) is 5.73 Å². The van der Waals surface area contributed by atoms with Crippen LogP contribution in [-0.2, 0) is 6.42 Å². The largest absolute Gasteiger partial charge is 0.330 e. The molecule has 1 aromatic heterocycles. The molecule has 1 aromatic carbocycles. The van der Waals surface area contributed by atoms with Gasteiger partial charge in [-0.3, -0.25) is 0 Å². The predicted molar refractivity (Wildman–Crippen MR) is 69.1 cm³/mol. The summed E-state index contributed by atoms with van der Waals surface area (Å²) < 4.78 is 0. The van der Waals surface area contributed by atoms with E-state index in [1.807, 2.05) is 29.8 Å². The molecule has 0 saturated carbocycles. The Morgan fingerprint density at radius 3 is 2.94 bits per heavy atom. The van der Waals surface area contributed by atoms with E-state index in [1.54, 1.807) is 11.3 Å². The second kappa shape index (κ2) is 5.43. The molecular weight excluding hydrogens is 240 g/mol. The topological polar surface area (TPSA) is 38.9 Å². The summed E-state index contributed by atoms with van der Waals surface area (Å²) in [6, 6.07) is 7.88. The first-order valence-electron chi connectivity index (χ1n) is 5.13. The molecule has 1 heterocycles. The molecule has 2 N–H and O–H groups in total. The Morgan fingerprint density at radius 1 is 1.44 bits per heavy atom. The molecule has 0 amide bonds. The van der Waals surface area contributed by atoms with Crippen LogP contribution in [0.15, 0.2) is 35.8 Å². The molecule has 2 nitrogen and oxygen atoms in total. The van der Waals surface area contributed by atoms with Crippen LogP contribution in [0.5, 0.6) is 0 Å². The number of aromatic nitrogens is 1. The summed E-state index contributed by atoms with van der Waals surface area (Å²) in [7, 11) is 0. The molecule has 0 aliphatic heterocycles. The van der Waals surface area contributed by atoms with Crippen LogP contribution in [0.2, 0.25) is 5.02 Å². The number of thiazole rings is 1. The molecule has 1 unspecified atom stereocenters. The van der Waals surface area contributed by atoms with Crippen molar-refractivity contribution in [3.05, 3.63) is 51.4 Å². The Bertz CT molecular complexity index is 442. The number of benzene rings is 1. The Morgan fingerprint density at radius 2 is 2.31 bits per heavy atom. The zero-order chi connectivity index (χ0) is 11.4. The van der Waals surface area contributed by atoms with Gasteiger partial charge in [0.25, 0.3) is 0 Å². The minimum Gasteiger partial charge on any atom is -0.330 e. The average molecular weight is 253 g/mol. The standard InChI is InChI=1S/C12H13ClN2S/c13-11-3-1-2-9(6-11)10(8-14)7-12-15-4-5-16-12/h1-6,10H,7-8,14H2. The molecular formula is C12H13ClN2S. The maximum Gasteiger partial charge on any atom is 0.0931 e. The highest BCUT2D eigenvalue weighted by molar-refractivity contribution is 7.09. The van der Waals surface area contributed by atoms with E-state index in [0.717, 1.165) is 16.5 Å². The zero-order valence-electron chi connectivity index (χ0n) is 8.77. The molecule has 0 fully saturated rings.